The van der Waals surface area contributed by atoms with E-state index < -0.39 is 24.0 Å². The summed E-state index contributed by atoms with van der Waals surface area (Å²) in [6.45, 7) is 1.58. The normalized spacial score (nSPS) is 26.8. The molecular formula is C15H19F2N3O3. The summed E-state index contributed by atoms with van der Waals surface area (Å²) < 4.78 is 34.0. The number of aliphatic hydroxyl groups excluding tert-OH is 1. The van der Waals surface area contributed by atoms with Crippen molar-refractivity contribution in [2.45, 2.75) is 57.2 Å². The number of alkyl halides is 2. The molecule has 0 radical (unpaired) electrons. The van der Waals surface area contributed by atoms with Gasteiger partial charge in [0.05, 0.1) is 25.5 Å². The summed E-state index contributed by atoms with van der Waals surface area (Å²) in [5.74, 6) is -3.25. The van der Waals surface area contributed by atoms with E-state index in [2.05, 4.69) is 9.97 Å². The molecule has 1 aliphatic carbocycles. The predicted octanol–water partition coefficient (Wildman–Crippen LogP) is 1.69. The van der Waals surface area contributed by atoms with Crippen LogP contribution in [0.25, 0.3) is 0 Å². The number of carbonyl (C=O) groups is 1. The number of ether oxygens (including phenoxy) is 1. The van der Waals surface area contributed by atoms with E-state index in [0.29, 0.717) is 24.4 Å². The fourth-order valence-electron chi connectivity index (χ4n) is 3.42. The lowest BCUT2D eigenvalue weighted by Crippen LogP contribution is -2.53. The molecule has 3 rings (SSSR count). The molecule has 1 aromatic rings. The third-order valence-electron chi connectivity index (χ3n) is 4.44. The van der Waals surface area contributed by atoms with E-state index in [0.717, 1.165) is 4.90 Å². The highest BCUT2D eigenvalue weighted by atomic mass is 19.3. The van der Waals surface area contributed by atoms with E-state index >= 15 is 0 Å². The summed E-state index contributed by atoms with van der Waals surface area (Å²) in [4.78, 5) is 21.9. The van der Waals surface area contributed by atoms with Crippen LogP contribution in [0.4, 0.5) is 8.78 Å². The molecule has 0 bridgehead atoms. The molecule has 23 heavy (non-hydrogen) atoms. The van der Waals surface area contributed by atoms with E-state index in [1.165, 1.54) is 7.11 Å². The maximum Gasteiger partial charge on any atom is 0.270 e. The fraction of sp³-hybridized carbons (Fsp3) is 0.667. The third-order valence-corrected chi connectivity index (χ3v) is 4.44. The molecule has 2 aliphatic rings. The number of rotatable bonds is 2. The Hall–Kier alpha value is -1.83. The molecule has 0 spiro atoms. The summed E-state index contributed by atoms with van der Waals surface area (Å²) in [6, 6.07) is -1.54. The first kappa shape index (κ1) is 16.0. The maximum atomic E-state index is 14.5. The van der Waals surface area contributed by atoms with Crippen LogP contribution in [0.1, 0.15) is 47.6 Å². The van der Waals surface area contributed by atoms with Crippen LogP contribution in [0.15, 0.2) is 0 Å². The van der Waals surface area contributed by atoms with E-state index in [9.17, 15) is 18.7 Å². The Morgan fingerprint density at radius 1 is 1.35 bits per heavy atom. The second-order valence-corrected chi connectivity index (χ2v) is 6.05. The number of hydrogen-bond acceptors (Lipinski definition) is 5. The van der Waals surface area contributed by atoms with Gasteiger partial charge in [0.1, 0.15) is 17.4 Å². The highest BCUT2D eigenvalue weighted by Gasteiger charge is 2.52. The third kappa shape index (κ3) is 2.65. The fourth-order valence-corrected chi connectivity index (χ4v) is 3.42. The molecule has 2 unspecified atom stereocenters. The van der Waals surface area contributed by atoms with Crippen LogP contribution in [0.3, 0.4) is 0 Å². The van der Waals surface area contributed by atoms with Gasteiger partial charge < -0.3 is 14.7 Å². The molecule has 1 aromatic heterocycles. The standard InChI is InChI=1S/C15H19F2N3O3/c1-8-18-9-7-20(14(22)11(9)13(19-8)23-2)12-10(21)5-3-4-6-15(12,16)17/h10,12,21H,3-7H2,1-2H3. The van der Waals surface area contributed by atoms with Crippen molar-refractivity contribution in [2.75, 3.05) is 7.11 Å². The van der Waals surface area contributed by atoms with Gasteiger partial charge in [0, 0.05) is 6.42 Å². The highest BCUT2D eigenvalue weighted by Crippen LogP contribution is 2.40. The Morgan fingerprint density at radius 3 is 2.78 bits per heavy atom. The van der Waals surface area contributed by atoms with E-state index in [-0.39, 0.29) is 30.8 Å². The van der Waals surface area contributed by atoms with Gasteiger partial charge in [0.15, 0.2) is 0 Å². The number of aliphatic hydroxyl groups is 1. The van der Waals surface area contributed by atoms with Crippen molar-refractivity contribution < 1.29 is 23.4 Å². The molecule has 1 saturated carbocycles. The van der Waals surface area contributed by atoms with Gasteiger partial charge in [0.25, 0.3) is 11.8 Å². The minimum Gasteiger partial charge on any atom is -0.480 e. The molecule has 0 saturated heterocycles. The van der Waals surface area contributed by atoms with Gasteiger partial charge in [-0.05, 0) is 19.8 Å². The molecule has 2 atom stereocenters. The predicted molar refractivity (Wildman–Crippen MR) is 76.4 cm³/mol. The Bertz CT molecular complexity index is 639. The largest absolute Gasteiger partial charge is 0.480 e. The first-order valence-corrected chi connectivity index (χ1v) is 7.63. The minimum absolute atomic E-state index is 0.0643. The van der Waals surface area contributed by atoms with Crippen molar-refractivity contribution in [2.24, 2.45) is 0 Å². The number of nitrogens with zero attached hydrogens (tertiary/aromatic N) is 3. The highest BCUT2D eigenvalue weighted by molar-refractivity contribution is 6.00. The van der Waals surface area contributed by atoms with Crippen molar-refractivity contribution >= 4 is 5.91 Å². The number of methoxy groups -OCH3 is 1. The lowest BCUT2D eigenvalue weighted by atomic mass is 10.0. The van der Waals surface area contributed by atoms with Gasteiger partial charge in [-0.3, -0.25) is 4.79 Å². The Kier molecular flexibility index (Phi) is 3.95. The lowest BCUT2D eigenvalue weighted by Gasteiger charge is -2.35. The summed E-state index contributed by atoms with van der Waals surface area (Å²) in [7, 11) is 1.37. The van der Waals surface area contributed by atoms with Crippen LogP contribution in [0.2, 0.25) is 0 Å². The second-order valence-electron chi connectivity index (χ2n) is 6.05. The second kappa shape index (κ2) is 5.67. The number of halogens is 2. The zero-order valence-corrected chi connectivity index (χ0v) is 13.1. The lowest BCUT2D eigenvalue weighted by molar-refractivity contribution is -0.112. The quantitative estimate of drug-likeness (QED) is 0.837. The van der Waals surface area contributed by atoms with E-state index in [1.807, 2.05) is 0 Å². The molecule has 1 aliphatic heterocycles. The van der Waals surface area contributed by atoms with Crippen molar-refractivity contribution in [3.63, 3.8) is 0 Å². The molecule has 1 fully saturated rings. The molecule has 6 nitrogen and oxygen atoms in total. The van der Waals surface area contributed by atoms with Crippen LogP contribution in [0, 0.1) is 6.92 Å². The SMILES string of the molecule is COc1nc(C)nc2c1C(=O)N(C1C(O)CCCCC1(F)F)C2. The van der Waals surface area contributed by atoms with Crippen molar-refractivity contribution in [3.05, 3.63) is 17.1 Å². The molecule has 1 N–H and O–H groups in total. The topological polar surface area (TPSA) is 75.6 Å². The first-order valence-electron chi connectivity index (χ1n) is 7.63. The van der Waals surface area contributed by atoms with Gasteiger partial charge >= 0.3 is 0 Å². The van der Waals surface area contributed by atoms with Gasteiger partial charge in [-0.25, -0.2) is 13.8 Å². The van der Waals surface area contributed by atoms with Gasteiger partial charge in [-0.1, -0.05) is 6.42 Å². The Morgan fingerprint density at radius 2 is 2.09 bits per heavy atom. The summed E-state index contributed by atoms with van der Waals surface area (Å²) in [5.41, 5.74) is 0.483. The molecule has 8 heteroatoms. The van der Waals surface area contributed by atoms with Gasteiger partial charge in [-0.2, -0.15) is 4.98 Å². The van der Waals surface area contributed by atoms with Gasteiger partial charge in [-0.15, -0.1) is 0 Å². The number of fused-ring (bicyclic) bond motifs is 1. The number of amides is 1. The molecule has 2 heterocycles. The monoisotopic (exact) mass is 327 g/mol. The van der Waals surface area contributed by atoms with Crippen LogP contribution in [-0.4, -0.2) is 51.1 Å². The Balaban J connectivity index is 2.00. The maximum absolute atomic E-state index is 14.5. The Labute approximate surface area is 132 Å². The zero-order valence-electron chi connectivity index (χ0n) is 13.1. The van der Waals surface area contributed by atoms with E-state index in [1.54, 1.807) is 6.92 Å². The molecule has 1 amide bonds. The minimum atomic E-state index is -3.14. The number of hydrogen-bond donors (Lipinski definition) is 1. The van der Waals surface area contributed by atoms with Crippen molar-refractivity contribution in [1.82, 2.24) is 14.9 Å². The van der Waals surface area contributed by atoms with Crippen LogP contribution in [-0.2, 0) is 6.54 Å². The average Bonchev–Trinajstić information content (AvgIpc) is 2.71. The summed E-state index contributed by atoms with van der Waals surface area (Å²) >= 11 is 0. The van der Waals surface area contributed by atoms with Crippen LogP contribution >= 0.6 is 0 Å². The summed E-state index contributed by atoms with van der Waals surface area (Å²) in [6.07, 6.45) is -0.493. The van der Waals surface area contributed by atoms with Crippen LogP contribution < -0.4 is 4.74 Å². The number of carbonyl (C=O) groups excluding carboxylic acids is 1. The smallest absolute Gasteiger partial charge is 0.270 e. The first-order chi connectivity index (χ1) is 10.8. The van der Waals surface area contributed by atoms with E-state index in [4.69, 9.17) is 4.74 Å². The average molecular weight is 327 g/mol. The van der Waals surface area contributed by atoms with Crippen molar-refractivity contribution in [1.29, 1.82) is 0 Å². The summed E-state index contributed by atoms with van der Waals surface area (Å²) in [5, 5.41) is 10.2. The van der Waals surface area contributed by atoms with Crippen LogP contribution in [0.5, 0.6) is 5.88 Å². The molecular weight excluding hydrogens is 308 g/mol. The molecule has 126 valence electrons. The molecule has 0 aromatic carbocycles. The van der Waals surface area contributed by atoms with Gasteiger partial charge in [0.2, 0.25) is 5.88 Å². The number of aryl methyl sites for hydroxylation is 1. The number of aromatic nitrogens is 2. The van der Waals surface area contributed by atoms with Crippen molar-refractivity contribution in [3.8, 4) is 5.88 Å². The zero-order chi connectivity index (χ0) is 16.8.